The smallest absolute Gasteiger partial charge is 0.257 e. The fraction of sp³-hybridized carbons (Fsp3) is 0.238. The Morgan fingerprint density at radius 2 is 1.78 bits per heavy atom. The van der Waals surface area contributed by atoms with Crippen LogP contribution in [0.15, 0.2) is 54.6 Å². The molecule has 1 aromatic heterocycles. The first kappa shape index (κ1) is 18.5. The molecular formula is C21H24N4O2. The number of nitrogens with two attached hydrogens (primary N) is 1. The zero-order valence-electron chi connectivity index (χ0n) is 15.7. The van der Waals surface area contributed by atoms with E-state index in [1.165, 1.54) is 0 Å². The van der Waals surface area contributed by atoms with Crippen molar-refractivity contribution < 1.29 is 9.53 Å². The molecule has 1 heterocycles. The highest BCUT2D eigenvalue weighted by atomic mass is 16.5. The maximum Gasteiger partial charge on any atom is 0.257 e. The molecule has 0 aliphatic carbocycles. The number of hydrogen-bond donors (Lipinski definition) is 3. The number of carbonyl (C=O) groups is 1. The first-order valence-corrected chi connectivity index (χ1v) is 8.77. The molecule has 6 heteroatoms. The predicted octanol–water partition coefficient (Wildman–Crippen LogP) is 3.77. The Morgan fingerprint density at radius 1 is 1.11 bits per heavy atom. The van der Waals surface area contributed by atoms with Gasteiger partial charge in [0.15, 0.2) is 5.82 Å². The SMILES string of the molecule is CC(C)(C)NC(=O)c1c(N)n[nH]c1-c1ccc(OCc2ccccc2)cc1. The number of nitrogens with zero attached hydrogens (tertiary/aromatic N) is 1. The minimum atomic E-state index is -0.368. The molecule has 0 radical (unpaired) electrons. The highest BCUT2D eigenvalue weighted by Gasteiger charge is 2.23. The number of ether oxygens (including phenoxy) is 1. The molecule has 2 aromatic carbocycles. The number of H-pyrrole nitrogens is 1. The van der Waals surface area contributed by atoms with E-state index in [9.17, 15) is 4.79 Å². The number of nitrogens with one attached hydrogen (secondary N) is 2. The van der Waals surface area contributed by atoms with E-state index in [-0.39, 0.29) is 17.3 Å². The van der Waals surface area contributed by atoms with Crippen LogP contribution in [0.25, 0.3) is 11.3 Å². The van der Waals surface area contributed by atoms with E-state index in [0.717, 1.165) is 16.9 Å². The number of benzene rings is 2. The van der Waals surface area contributed by atoms with Gasteiger partial charge < -0.3 is 15.8 Å². The van der Waals surface area contributed by atoms with E-state index in [1.54, 1.807) is 0 Å². The molecule has 3 rings (SSSR count). The van der Waals surface area contributed by atoms with Gasteiger partial charge in [-0.2, -0.15) is 5.10 Å². The fourth-order valence-electron chi connectivity index (χ4n) is 2.66. The molecule has 0 aliphatic rings. The van der Waals surface area contributed by atoms with E-state index < -0.39 is 0 Å². The van der Waals surface area contributed by atoms with Gasteiger partial charge >= 0.3 is 0 Å². The quantitative estimate of drug-likeness (QED) is 0.642. The summed E-state index contributed by atoms with van der Waals surface area (Å²) in [7, 11) is 0. The number of anilines is 1. The molecule has 27 heavy (non-hydrogen) atoms. The van der Waals surface area contributed by atoms with E-state index >= 15 is 0 Å². The van der Waals surface area contributed by atoms with Crippen molar-refractivity contribution in [2.45, 2.75) is 32.9 Å². The number of rotatable bonds is 5. The van der Waals surface area contributed by atoms with Gasteiger partial charge in [0.25, 0.3) is 5.91 Å². The van der Waals surface area contributed by atoms with Crippen LogP contribution in [0, 0.1) is 0 Å². The zero-order chi connectivity index (χ0) is 19.4. The highest BCUT2D eigenvalue weighted by Crippen LogP contribution is 2.27. The van der Waals surface area contributed by atoms with Crippen molar-refractivity contribution in [3.8, 4) is 17.0 Å². The molecule has 1 amide bonds. The Labute approximate surface area is 158 Å². The Kier molecular flexibility index (Phi) is 5.16. The molecule has 3 aromatic rings. The van der Waals surface area contributed by atoms with E-state index in [0.29, 0.717) is 17.9 Å². The van der Waals surface area contributed by atoms with Crippen molar-refractivity contribution in [1.29, 1.82) is 0 Å². The van der Waals surface area contributed by atoms with Crippen LogP contribution in [0.2, 0.25) is 0 Å². The standard InChI is InChI=1S/C21H24N4O2/c1-21(2,3)23-20(26)17-18(24-25-19(17)22)15-9-11-16(12-10-15)27-13-14-7-5-4-6-8-14/h4-12H,13H2,1-3H3,(H,23,26)(H3,22,24,25). The van der Waals surface area contributed by atoms with Crippen LogP contribution in [0.5, 0.6) is 5.75 Å². The highest BCUT2D eigenvalue weighted by molar-refractivity contribution is 6.04. The molecule has 0 saturated carbocycles. The lowest BCUT2D eigenvalue weighted by molar-refractivity contribution is 0.0921. The summed E-state index contributed by atoms with van der Waals surface area (Å²) in [5.74, 6) is 0.667. The normalized spacial score (nSPS) is 11.2. The second-order valence-electron chi connectivity index (χ2n) is 7.36. The third kappa shape index (κ3) is 4.67. The average Bonchev–Trinajstić information content (AvgIpc) is 3.01. The van der Waals surface area contributed by atoms with Gasteiger partial charge in [0.1, 0.15) is 17.9 Å². The van der Waals surface area contributed by atoms with Crippen molar-refractivity contribution in [1.82, 2.24) is 15.5 Å². The van der Waals surface area contributed by atoms with E-state index in [4.69, 9.17) is 10.5 Å². The van der Waals surface area contributed by atoms with Gasteiger partial charge in [-0.3, -0.25) is 9.89 Å². The van der Waals surface area contributed by atoms with Crippen LogP contribution >= 0.6 is 0 Å². The topological polar surface area (TPSA) is 93.0 Å². The van der Waals surface area contributed by atoms with Crippen LogP contribution in [0.1, 0.15) is 36.7 Å². The Balaban J connectivity index is 1.76. The lowest BCUT2D eigenvalue weighted by Gasteiger charge is -2.20. The Hall–Kier alpha value is -3.28. The zero-order valence-corrected chi connectivity index (χ0v) is 15.7. The van der Waals surface area contributed by atoms with Crippen LogP contribution in [-0.2, 0) is 6.61 Å². The number of nitrogen functional groups attached to an aromatic ring is 1. The Morgan fingerprint density at radius 3 is 2.41 bits per heavy atom. The van der Waals surface area contributed by atoms with Gasteiger partial charge in [-0.15, -0.1) is 0 Å². The first-order valence-electron chi connectivity index (χ1n) is 8.77. The molecule has 0 saturated heterocycles. The van der Waals surface area contributed by atoms with Gasteiger partial charge in [-0.1, -0.05) is 30.3 Å². The molecule has 0 spiro atoms. The number of amides is 1. The largest absolute Gasteiger partial charge is 0.489 e. The van der Waals surface area contributed by atoms with Gasteiger partial charge in [-0.05, 0) is 50.6 Å². The van der Waals surface area contributed by atoms with Gasteiger partial charge in [0.05, 0.1) is 5.69 Å². The van der Waals surface area contributed by atoms with Crippen molar-refractivity contribution >= 4 is 11.7 Å². The third-order valence-corrected chi connectivity index (χ3v) is 3.90. The number of carbonyl (C=O) groups excluding carboxylic acids is 1. The number of aromatic amines is 1. The maximum atomic E-state index is 12.6. The average molecular weight is 364 g/mol. The summed E-state index contributed by atoms with van der Waals surface area (Å²) in [5.41, 5.74) is 8.39. The molecule has 4 N–H and O–H groups in total. The molecule has 140 valence electrons. The fourth-order valence-corrected chi connectivity index (χ4v) is 2.66. The molecule has 0 fully saturated rings. The second kappa shape index (κ2) is 7.53. The summed E-state index contributed by atoms with van der Waals surface area (Å²) in [6.07, 6.45) is 0. The number of aromatic nitrogens is 2. The first-order chi connectivity index (χ1) is 12.8. The summed E-state index contributed by atoms with van der Waals surface area (Å²) in [6, 6.07) is 17.4. The van der Waals surface area contributed by atoms with E-state index in [1.807, 2.05) is 75.4 Å². The van der Waals surface area contributed by atoms with Gasteiger partial charge in [0, 0.05) is 11.1 Å². The lowest BCUT2D eigenvalue weighted by Crippen LogP contribution is -2.40. The summed E-state index contributed by atoms with van der Waals surface area (Å²) in [4.78, 5) is 12.6. The second-order valence-corrected chi connectivity index (χ2v) is 7.36. The van der Waals surface area contributed by atoms with Gasteiger partial charge in [0.2, 0.25) is 0 Å². The Bertz CT molecular complexity index is 910. The summed E-state index contributed by atoms with van der Waals surface area (Å²) in [6.45, 7) is 6.25. The van der Waals surface area contributed by atoms with Crippen LogP contribution in [0.4, 0.5) is 5.82 Å². The van der Waals surface area contributed by atoms with Crippen LogP contribution in [0.3, 0.4) is 0 Å². The lowest BCUT2D eigenvalue weighted by atomic mass is 10.0. The molecule has 0 bridgehead atoms. The molecule has 6 nitrogen and oxygen atoms in total. The van der Waals surface area contributed by atoms with Crippen molar-refractivity contribution in [2.75, 3.05) is 5.73 Å². The summed E-state index contributed by atoms with van der Waals surface area (Å²) < 4.78 is 5.80. The molecular weight excluding hydrogens is 340 g/mol. The van der Waals surface area contributed by atoms with Crippen molar-refractivity contribution in [3.63, 3.8) is 0 Å². The molecule has 0 unspecified atom stereocenters. The molecule has 0 aliphatic heterocycles. The summed E-state index contributed by atoms with van der Waals surface area (Å²) >= 11 is 0. The number of hydrogen-bond acceptors (Lipinski definition) is 4. The maximum absolute atomic E-state index is 12.6. The van der Waals surface area contributed by atoms with Crippen molar-refractivity contribution in [3.05, 3.63) is 65.7 Å². The monoisotopic (exact) mass is 364 g/mol. The minimum absolute atomic E-state index is 0.177. The van der Waals surface area contributed by atoms with Crippen LogP contribution < -0.4 is 15.8 Å². The minimum Gasteiger partial charge on any atom is -0.489 e. The van der Waals surface area contributed by atoms with Gasteiger partial charge in [-0.25, -0.2) is 0 Å². The third-order valence-electron chi connectivity index (χ3n) is 3.90. The predicted molar refractivity (Wildman–Crippen MR) is 106 cm³/mol. The van der Waals surface area contributed by atoms with E-state index in [2.05, 4.69) is 15.5 Å². The molecule has 0 atom stereocenters. The van der Waals surface area contributed by atoms with Crippen molar-refractivity contribution in [2.24, 2.45) is 0 Å². The summed E-state index contributed by atoms with van der Waals surface area (Å²) in [5, 5.41) is 9.78. The van der Waals surface area contributed by atoms with Crippen LogP contribution in [-0.4, -0.2) is 21.6 Å².